The van der Waals surface area contributed by atoms with Gasteiger partial charge in [-0.05, 0) is 43.7 Å². The normalized spacial score (nSPS) is 11.3. The molecule has 2 aromatic rings. The Morgan fingerprint density at radius 3 is 2.47 bits per heavy atom. The van der Waals surface area contributed by atoms with E-state index in [9.17, 15) is 4.79 Å². The molecule has 19 heavy (non-hydrogen) atoms. The van der Waals surface area contributed by atoms with Crippen LogP contribution in [0, 0.1) is 0 Å². The first-order valence-corrected chi connectivity index (χ1v) is 7.16. The summed E-state index contributed by atoms with van der Waals surface area (Å²) >= 11 is 3.38. The second kappa shape index (κ2) is 5.61. The Labute approximate surface area is 121 Å². The number of hydrogen-bond acceptors (Lipinski definition) is 2. The highest BCUT2D eigenvalue weighted by molar-refractivity contribution is 9.08. The summed E-state index contributed by atoms with van der Waals surface area (Å²) in [6.07, 6.45) is 1.61. The van der Waals surface area contributed by atoms with Crippen molar-refractivity contribution in [1.82, 2.24) is 5.32 Å². The van der Waals surface area contributed by atoms with Gasteiger partial charge in [0, 0.05) is 10.9 Å². The van der Waals surface area contributed by atoms with Gasteiger partial charge in [-0.25, -0.2) is 0 Å². The number of amides is 1. The summed E-state index contributed by atoms with van der Waals surface area (Å²) in [4.78, 5) is 12.2. The Hall–Kier alpha value is -1.55. The summed E-state index contributed by atoms with van der Waals surface area (Å²) < 4.78 is 5.35. The predicted molar refractivity (Wildman–Crippen MR) is 78.3 cm³/mol. The number of carbonyl (C=O) groups excluding carboxylic acids is 1. The molecular weight excluding hydrogens is 306 g/mol. The number of rotatable bonds is 4. The van der Waals surface area contributed by atoms with Crippen molar-refractivity contribution in [3.05, 3.63) is 59.5 Å². The van der Waals surface area contributed by atoms with Gasteiger partial charge >= 0.3 is 0 Å². The van der Waals surface area contributed by atoms with Gasteiger partial charge < -0.3 is 9.73 Å². The fourth-order valence-corrected chi connectivity index (χ4v) is 2.17. The van der Waals surface area contributed by atoms with E-state index in [1.165, 1.54) is 0 Å². The Morgan fingerprint density at radius 1 is 1.26 bits per heavy atom. The van der Waals surface area contributed by atoms with Crippen LogP contribution in [0.2, 0.25) is 0 Å². The van der Waals surface area contributed by atoms with E-state index in [0.717, 1.165) is 16.7 Å². The Kier molecular flexibility index (Phi) is 4.10. The van der Waals surface area contributed by atoms with E-state index in [-0.39, 0.29) is 5.91 Å². The lowest BCUT2D eigenvalue weighted by molar-refractivity contribution is 0.0901. The Morgan fingerprint density at radius 2 is 1.95 bits per heavy atom. The number of carbonyl (C=O) groups is 1. The number of halogens is 1. The average Bonchev–Trinajstić information content (AvgIpc) is 2.93. The largest absolute Gasteiger partial charge is 0.467 e. The molecule has 0 bridgehead atoms. The second-order valence-corrected chi connectivity index (χ2v) is 5.45. The maximum atomic E-state index is 12.2. The minimum atomic E-state index is -0.533. The minimum absolute atomic E-state index is 0.109. The van der Waals surface area contributed by atoms with Gasteiger partial charge in [0.25, 0.3) is 5.91 Å². The van der Waals surface area contributed by atoms with Crippen LogP contribution >= 0.6 is 15.9 Å². The highest BCUT2D eigenvalue weighted by Gasteiger charge is 2.26. The molecule has 4 heteroatoms. The zero-order chi connectivity index (χ0) is 13.9. The van der Waals surface area contributed by atoms with E-state index in [0.29, 0.717) is 5.56 Å². The van der Waals surface area contributed by atoms with Crippen LogP contribution in [-0.2, 0) is 10.9 Å². The first-order chi connectivity index (χ1) is 9.03. The van der Waals surface area contributed by atoms with E-state index in [4.69, 9.17) is 4.42 Å². The van der Waals surface area contributed by atoms with Crippen molar-refractivity contribution >= 4 is 21.8 Å². The first-order valence-electron chi connectivity index (χ1n) is 6.04. The molecule has 1 amide bonds. The molecule has 3 nitrogen and oxygen atoms in total. The second-order valence-electron chi connectivity index (χ2n) is 4.89. The fraction of sp³-hybridized carbons (Fsp3) is 0.267. The van der Waals surface area contributed by atoms with E-state index < -0.39 is 5.54 Å². The number of benzene rings is 1. The van der Waals surface area contributed by atoms with Crippen molar-refractivity contribution in [3.8, 4) is 0 Å². The molecule has 2 rings (SSSR count). The summed E-state index contributed by atoms with van der Waals surface area (Å²) in [5.41, 5.74) is 1.25. The van der Waals surface area contributed by atoms with Gasteiger partial charge in [0.05, 0.1) is 11.8 Å². The third-order valence-electron chi connectivity index (χ3n) is 2.93. The highest BCUT2D eigenvalue weighted by Crippen LogP contribution is 2.21. The van der Waals surface area contributed by atoms with E-state index in [2.05, 4.69) is 21.2 Å². The molecule has 1 aromatic carbocycles. The molecule has 0 aliphatic heterocycles. The van der Waals surface area contributed by atoms with Crippen LogP contribution in [-0.4, -0.2) is 5.91 Å². The van der Waals surface area contributed by atoms with Crippen LogP contribution in [0.15, 0.2) is 47.1 Å². The van der Waals surface area contributed by atoms with Crippen LogP contribution in [0.4, 0.5) is 0 Å². The third kappa shape index (κ3) is 3.26. The molecule has 0 unspecified atom stereocenters. The SMILES string of the molecule is CC(C)(NC(=O)c1ccc(CBr)cc1)c1ccco1. The lowest BCUT2D eigenvalue weighted by atomic mass is 10.0. The van der Waals surface area contributed by atoms with Crippen molar-refractivity contribution < 1.29 is 9.21 Å². The molecule has 0 aliphatic rings. The summed E-state index contributed by atoms with van der Waals surface area (Å²) in [6, 6.07) is 11.2. The summed E-state index contributed by atoms with van der Waals surface area (Å²) in [5, 5.41) is 3.75. The number of hydrogen-bond donors (Lipinski definition) is 1. The van der Waals surface area contributed by atoms with Gasteiger partial charge in [-0.3, -0.25) is 4.79 Å². The highest BCUT2D eigenvalue weighted by atomic mass is 79.9. The van der Waals surface area contributed by atoms with Crippen molar-refractivity contribution in [2.75, 3.05) is 0 Å². The maximum Gasteiger partial charge on any atom is 0.252 e. The first kappa shape index (κ1) is 13.9. The number of furan rings is 1. The summed E-state index contributed by atoms with van der Waals surface area (Å²) in [5.74, 6) is 0.625. The smallest absolute Gasteiger partial charge is 0.252 e. The topological polar surface area (TPSA) is 42.2 Å². The lowest BCUT2D eigenvalue weighted by Gasteiger charge is -2.23. The van der Waals surface area contributed by atoms with Gasteiger partial charge in [-0.1, -0.05) is 28.1 Å². The standard InChI is InChI=1S/C15H16BrNO2/c1-15(2,13-4-3-9-19-13)17-14(18)12-7-5-11(10-16)6-8-12/h3-9H,10H2,1-2H3,(H,17,18). The van der Waals surface area contributed by atoms with Crippen molar-refractivity contribution in [3.63, 3.8) is 0 Å². The minimum Gasteiger partial charge on any atom is -0.467 e. The monoisotopic (exact) mass is 321 g/mol. The molecule has 1 heterocycles. The van der Waals surface area contributed by atoms with Gasteiger partial charge in [0.2, 0.25) is 0 Å². The van der Waals surface area contributed by atoms with E-state index in [1.54, 1.807) is 6.26 Å². The lowest BCUT2D eigenvalue weighted by Crippen LogP contribution is -2.40. The third-order valence-corrected chi connectivity index (χ3v) is 3.58. The zero-order valence-corrected chi connectivity index (χ0v) is 12.5. The molecular formula is C15H16BrNO2. The van der Waals surface area contributed by atoms with Gasteiger partial charge in [0.15, 0.2) is 0 Å². The average molecular weight is 322 g/mol. The van der Waals surface area contributed by atoms with E-state index >= 15 is 0 Å². The van der Waals surface area contributed by atoms with Crippen molar-refractivity contribution in [1.29, 1.82) is 0 Å². The molecule has 0 saturated carbocycles. The number of alkyl halides is 1. The van der Waals surface area contributed by atoms with Crippen LogP contribution < -0.4 is 5.32 Å². The predicted octanol–water partition coefficient (Wildman–Crippen LogP) is 3.84. The van der Waals surface area contributed by atoms with Crippen LogP contribution in [0.3, 0.4) is 0 Å². The van der Waals surface area contributed by atoms with Gasteiger partial charge in [-0.2, -0.15) is 0 Å². The quantitative estimate of drug-likeness (QED) is 0.869. The molecule has 0 atom stereocenters. The maximum absolute atomic E-state index is 12.2. The van der Waals surface area contributed by atoms with Crippen molar-refractivity contribution in [2.45, 2.75) is 24.7 Å². The Balaban J connectivity index is 2.12. The molecule has 0 fully saturated rings. The molecule has 1 aromatic heterocycles. The van der Waals surface area contributed by atoms with Gasteiger partial charge in [-0.15, -0.1) is 0 Å². The molecule has 1 N–H and O–H groups in total. The molecule has 0 spiro atoms. The number of nitrogens with one attached hydrogen (secondary N) is 1. The molecule has 0 aliphatic carbocycles. The molecule has 100 valence electrons. The molecule has 0 saturated heterocycles. The fourth-order valence-electron chi connectivity index (χ4n) is 1.80. The van der Waals surface area contributed by atoms with E-state index in [1.807, 2.05) is 50.2 Å². The van der Waals surface area contributed by atoms with Crippen molar-refractivity contribution in [2.24, 2.45) is 0 Å². The summed E-state index contributed by atoms with van der Waals surface area (Å²) in [7, 11) is 0. The Bertz CT molecular complexity index is 544. The summed E-state index contributed by atoms with van der Waals surface area (Å²) in [6.45, 7) is 3.83. The van der Waals surface area contributed by atoms with Crippen LogP contribution in [0.1, 0.15) is 35.5 Å². The van der Waals surface area contributed by atoms with Gasteiger partial charge in [0.1, 0.15) is 5.76 Å². The van der Waals surface area contributed by atoms with Crippen LogP contribution in [0.25, 0.3) is 0 Å². The molecule has 0 radical (unpaired) electrons. The van der Waals surface area contributed by atoms with Crippen LogP contribution in [0.5, 0.6) is 0 Å². The zero-order valence-electron chi connectivity index (χ0n) is 10.9.